The molecule has 0 aliphatic carbocycles. The van der Waals surface area contributed by atoms with Gasteiger partial charge in [0.15, 0.2) is 5.13 Å². The maximum atomic E-state index is 14.2. The molecule has 30 heavy (non-hydrogen) atoms. The summed E-state index contributed by atoms with van der Waals surface area (Å²) in [6.07, 6.45) is 0.755. The molecule has 3 aromatic rings. The van der Waals surface area contributed by atoms with E-state index in [4.69, 9.17) is 4.74 Å². The number of carbonyl (C=O) groups excluding carboxylic acids is 1. The fourth-order valence-electron chi connectivity index (χ4n) is 2.89. The molecule has 0 saturated carbocycles. The van der Waals surface area contributed by atoms with Gasteiger partial charge in [-0.2, -0.15) is 0 Å². The van der Waals surface area contributed by atoms with E-state index in [-0.39, 0.29) is 23.9 Å². The van der Waals surface area contributed by atoms with Crippen molar-refractivity contribution in [3.05, 3.63) is 65.3 Å². The summed E-state index contributed by atoms with van der Waals surface area (Å²) < 4.78 is 19.4. The largest absolute Gasteiger partial charge is 1.00 e. The normalized spacial score (nSPS) is 10.6. The van der Waals surface area contributed by atoms with Gasteiger partial charge in [0.05, 0.1) is 18.4 Å². The SMILES string of the molecule is COc1ccc(-c2csc(N(CCCN(C)C)C(=O)c3ccccc3F)n2)cc1.[Cl-]. The molecule has 0 aliphatic heterocycles. The second-order valence-electron chi connectivity index (χ2n) is 6.84. The van der Waals surface area contributed by atoms with Crippen molar-refractivity contribution in [3.63, 3.8) is 0 Å². The number of rotatable bonds is 8. The van der Waals surface area contributed by atoms with Gasteiger partial charge >= 0.3 is 0 Å². The van der Waals surface area contributed by atoms with Crippen molar-refractivity contribution in [2.75, 3.05) is 39.2 Å². The molecule has 8 heteroatoms. The lowest BCUT2D eigenvalue weighted by Gasteiger charge is -2.21. The Morgan fingerprint density at radius 3 is 2.43 bits per heavy atom. The Hall–Kier alpha value is -2.48. The van der Waals surface area contributed by atoms with Crippen molar-refractivity contribution >= 4 is 22.4 Å². The summed E-state index contributed by atoms with van der Waals surface area (Å²) in [4.78, 5) is 21.4. The number of ether oxygens (including phenoxy) is 1. The van der Waals surface area contributed by atoms with E-state index in [1.165, 1.54) is 23.5 Å². The number of nitrogens with zero attached hydrogens (tertiary/aromatic N) is 3. The second-order valence-corrected chi connectivity index (χ2v) is 7.67. The molecule has 0 radical (unpaired) electrons. The first-order valence-corrected chi connectivity index (χ1v) is 10.2. The van der Waals surface area contributed by atoms with E-state index in [0.29, 0.717) is 11.7 Å². The first-order valence-electron chi connectivity index (χ1n) is 9.30. The average Bonchev–Trinajstić information content (AvgIpc) is 3.21. The highest BCUT2D eigenvalue weighted by molar-refractivity contribution is 7.14. The summed E-state index contributed by atoms with van der Waals surface area (Å²) in [6.45, 7) is 1.28. The third kappa shape index (κ3) is 5.78. The van der Waals surface area contributed by atoms with Gasteiger partial charge in [-0.25, -0.2) is 9.37 Å². The molecule has 1 aromatic heterocycles. The van der Waals surface area contributed by atoms with Crippen molar-refractivity contribution in [2.24, 2.45) is 0 Å². The van der Waals surface area contributed by atoms with Gasteiger partial charge < -0.3 is 22.0 Å². The number of benzene rings is 2. The van der Waals surface area contributed by atoms with Crippen LogP contribution >= 0.6 is 11.3 Å². The quantitative estimate of drug-likeness (QED) is 0.524. The van der Waals surface area contributed by atoms with Crippen molar-refractivity contribution in [1.29, 1.82) is 0 Å². The Labute approximate surface area is 186 Å². The smallest absolute Gasteiger partial charge is 0.263 e. The minimum absolute atomic E-state index is 0. The van der Waals surface area contributed by atoms with Gasteiger partial charge in [-0.15, -0.1) is 11.3 Å². The van der Waals surface area contributed by atoms with Crippen LogP contribution < -0.4 is 22.0 Å². The number of hydrogen-bond donors (Lipinski definition) is 0. The zero-order valence-corrected chi connectivity index (χ0v) is 18.7. The molecule has 0 fully saturated rings. The van der Waals surface area contributed by atoms with Crippen LogP contribution in [0.25, 0.3) is 11.3 Å². The lowest BCUT2D eigenvalue weighted by atomic mass is 10.1. The first-order chi connectivity index (χ1) is 14.0. The molecule has 0 N–H and O–H groups in total. The number of hydrogen-bond acceptors (Lipinski definition) is 5. The molecule has 0 saturated heterocycles. The van der Waals surface area contributed by atoms with Crippen LogP contribution in [0.3, 0.4) is 0 Å². The molecule has 0 atom stereocenters. The summed E-state index contributed by atoms with van der Waals surface area (Å²) in [5.41, 5.74) is 1.75. The van der Waals surface area contributed by atoms with Crippen LogP contribution in [0.15, 0.2) is 53.9 Å². The van der Waals surface area contributed by atoms with Crippen molar-refractivity contribution in [1.82, 2.24) is 9.88 Å². The zero-order valence-electron chi connectivity index (χ0n) is 17.1. The van der Waals surface area contributed by atoms with Gasteiger partial charge in [0.1, 0.15) is 11.6 Å². The third-order valence-electron chi connectivity index (χ3n) is 4.45. The van der Waals surface area contributed by atoms with Crippen LogP contribution in [-0.2, 0) is 0 Å². The van der Waals surface area contributed by atoms with Crippen molar-refractivity contribution in [3.8, 4) is 17.0 Å². The van der Waals surface area contributed by atoms with Gasteiger partial charge in [-0.3, -0.25) is 9.69 Å². The number of anilines is 1. The highest BCUT2D eigenvalue weighted by atomic mass is 35.5. The van der Waals surface area contributed by atoms with Gasteiger partial charge in [0, 0.05) is 17.5 Å². The summed E-state index contributed by atoms with van der Waals surface area (Å²) in [7, 11) is 5.58. The molecule has 0 spiro atoms. The molecule has 3 rings (SSSR count). The molecule has 1 heterocycles. The molecule has 5 nitrogen and oxygen atoms in total. The topological polar surface area (TPSA) is 45.7 Å². The van der Waals surface area contributed by atoms with E-state index in [2.05, 4.69) is 9.88 Å². The zero-order chi connectivity index (χ0) is 20.8. The highest BCUT2D eigenvalue weighted by Crippen LogP contribution is 2.30. The lowest BCUT2D eigenvalue weighted by Crippen LogP contribution is -3.00. The molecule has 0 bridgehead atoms. The predicted octanol–water partition coefficient (Wildman–Crippen LogP) is 1.56. The second kappa shape index (κ2) is 11.1. The van der Waals surface area contributed by atoms with Gasteiger partial charge in [-0.05, 0) is 63.5 Å². The Bertz CT molecular complexity index is 963. The van der Waals surface area contributed by atoms with E-state index in [9.17, 15) is 9.18 Å². The fourth-order valence-corrected chi connectivity index (χ4v) is 3.75. The number of carbonyl (C=O) groups is 1. The lowest BCUT2D eigenvalue weighted by molar-refractivity contribution is -0.0000147. The molecule has 2 aromatic carbocycles. The standard InChI is InChI=1S/C22H24FN3O2S.ClH/c1-25(2)13-6-14-26(21(27)18-7-4-5-8-19(18)23)22-24-20(15-29-22)16-9-11-17(28-3)12-10-16;/h4-5,7-12,15H,6,13-14H2,1-3H3;1H/p-1. The van der Waals surface area contributed by atoms with E-state index in [0.717, 1.165) is 30.0 Å². The van der Waals surface area contributed by atoms with Crippen LogP contribution in [-0.4, -0.2) is 50.1 Å². The minimum Gasteiger partial charge on any atom is -1.00 e. The summed E-state index contributed by atoms with van der Waals surface area (Å²) >= 11 is 1.38. The van der Waals surface area contributed by atoms with Gasteiger partial charge in [0.25, 0.3) is 5.91 Å². The van der Waals surface area contributed by atoms with Crippen LogP contribution in [0.5, 0.6) is 5.75 Å². The van der Waals surface area contributed by atoms with Crippen LogP contribution in [0, 0.1) is 5.82 Å². The number of aromatic nitrogens is 1. The van der Waals surface area contributed by atoms with Crippen LogP contribution in [0.1, 0.15) is 16.8 Å². The maximum absolute atomic E-state index is 14.2. The van der Waals surface area contributed by atoms with E-state index >= 15 is 0 Å². The predicted molar refractivity (Wildman–Crippen MR) is 115 cm³/mol. The number of thiazole rings is 1. The van der Waals surface area contributed by atoms with E-state index in [1.807, 2.05) is 43.7 Å². The monoisotopic (exact) mass is 448 g/mol. The third-order valence-corrected chi connectivity index (χ3v) is 5.31. The summed E-state index contributed by atoms with van der Waals surface area (Å²) in [6, 6.07) is 13.6. The Balaban J connectivity index is 0.00000320. The van der Waals surface area contributed by atoms with Crippen LogP contribution in [0.2, 0.25) is 0 Å². The number of amides is 1. The molecular weight excluding hydrogens is 425 g/mol. The van der Waals surface area contributed by atoms with E-state index in [1.54, 1.807) is 24.1 Å². The highest BCUT2D eigenvalue weighted by Gasteiger charge is 2.23. The molecule has 0 aliphatic rings. The first kappa shape index (κ1) is 23.8. The van der Waals surface area contributed by atoms with Gasteiger partial charge in [-0.1, -0.05) is 12.1 Å². The molecule has 0 unspecified atom stereocenters. The van der Waals surface area contributed by atoms with Gasteiger partial charge in [0.2, 0.25) is 0 Å². The Morgan fingerprint density at radius 2 is 1.80 bits per heavy atom. The molecule has 160 valence electrons. The molecular formula is C22H24ClFN3O2S-. The average molecular weight is 449 g/mol. The number of methoxy groups -OCH3 is 1. The van der Waals surface area contributed by atoms with Crippen LogP contribution in [0.4, 0.5) is 9.52 Å². The Morgan fingerprint density at radius 1 is 1.10 bits per heavy atom. The van der Waals surface area contributed by atoms with Crippen molar-refractivity contribution in [2.45, 2.75) is 6.42 Å². The van der Waals surface area contributed by atoms with E-state index < -0.39 is 5.82 Å². The fraction of sp³-hybridized carbons (Fsp3) is 0.273. The maximum Gasteiger partial charge on any atom is 0.263 e. The van der Waals surface area contributed by atoms with Crippen molar-refractivity contribution < 1.29 is 26.3 Å². The summed E-state index contributed by atoms with van der Waals surface area (Å²) in [5, 5.41) is 2.47. The Kier molecular flexibility index (Phi) is 8.77. The summed E-state index contributed by atoms with van der Waals surface area (Å²) in [5.74, 6) is -0.135. The number of halogens is 2. The molecule has 1 amide bonds. The minimum atomic E-state index is -0.526.